The van der Waals surface area contributed by atoms with E-state index in [0.29, 0.717) is 17.9 Å². The SMILES string of the molecule is CC1(C)CN(C(=O)C2CC3(CC3)C2)c2ccccc2O1. The predicted octanol–water partition coefficient (Wildman–Crippen LogP) is 3.38. The van der Waals surface area contributed by atoms with Gasteiger partial charge in [-0.05, 0) is 57.1 Å². The van der Waals surface area contributed by atoms with Crippen molar-refractivity contribution in [1.29, 1.82) is 0 Å². The second kappa shape index (κ2) is 3.78. The van der Waals surface area contributed by atoms with Gasteiger partial charge >= 0.3 is 0 Å². The monoisotopic (exact) mass is 271 g/mol. The highest BCUT2D eigenvalue weighted by Gasteiger charge is 2.56. The molecule has 2 aliphatic carbocycles. The smallest absolute Gasteiger partial charge is 0.230 e. The van der Waals surface area contributed by atoms with Crippen LogP contribution in [0.3, 0.4) is 0 Å². The Labute approximate surface area is 119 Å². The van der Waals surface area contributed by atoms with Crippen LogP contribution in [0.25, 0.3) is 0 Å². The van der Waals surface area contributed by atoms with Crippen LogP contribution in [0.1, 0.15) is 39.5 Å². The summed E-state index contributed by atoms with van der Waals surface area (Å²) in [6, 6.07) is 7.89. The van der Waals surface area contributed by atoms with E-state index < -0.39 is 0 Å². The van der Waals surface area contributed by atoms with E-state index in [0.717, 1.165) is 24.3 Å². The number of nitrogens with zero attached hydrogens (tertiary/aromatic N) is 1. The minimum atomic E-state index is -0.314. The van der Waals surface area contributed by atoms with E-state index in [1.807, 2.05) is 43.0 Å². The van der Waals surface area contributed by atoms with E-state index in [9.17, 15) is 4.79 Å². The third-order valence-electron chi connectivity index (χ3n) is 5.01. The summed E-state index contributed by atoms with van der Waals surface area (Å²) in [6.45, 7) is 4.74. The molecular formula is C17H21NO2. The highest BCUT2D eigenvalue weighted by molar-refractivity contribution is 5.97. The maximum Gasteiger partial charge on any atom is 0.230 e. The van der Waals surface area contributed by atoms with Gasteiger partial charge in [-0.3, -0.25) is 4.79 Å². The van der Waals surface area contributed by atoms with Gasteiger partial charge in [0.15, 0.2) is 0 Å². The summed E-state index contributed by atoms with van der Waals surface area (Å²) in [5.74, 6) is 1.36. The number of fused-ring (bicyclic) bond motifs is 1. The molecule has 0 saturated heterocycles. The summed E-state index contributed by atoms with van der Waals surface area (Å²) < 4.78 is 5.99. The van der Waals surface area contributed by atoms with Crippen LogP contribution in [0.15, 0.2) is 24.3 Å². The summed E-state index contributed by atoms with van der Waals surface area (Å²) in [4.78, 5) is 14.8. The maximum atomic E-state index is 12.8. The number of hydrogen-bond acceptors (Lipinski definition) is 2. The van der Waals surface area contributed by atoms with Crippen molar-refractivity contribution in [3.05, 3.63) is 24.3 Å². The number of rotatable bonds is 1. The first-order valence-corrected chi connectivity index (χ1v) is 7.58. The van der Waals surface area contributed by atoms with Gasteiger partial charge in [-0.25, -0.2) is 0 Å². The Morgan fingerprint density at radius 2 is 1.95 bits per heavy atom. The average molecular weight is 271 g/mol. The molecule has 3 aliphatic rings. The normalized spacial score (nSPS) is 25.6. The summed E-state index contributed by atoms with van der Waals surface area (Å²) in [6.07, 6.45) is 4.88. The Hall–Kier alpha value is -1.51. The first-order chi connectivity index (χ1) is 9.48. The predicted molar refractivity (Wildman–Crippen MR) is 77.9 cm³/mol. The van der Waals surface area contributed by atoms with Gasteiger partial charge in [0, 0.05) is 5.92 Å². The molecule has 0 unspecified atom stereocenters. The Morgan fingerprint density at radius 1 is 1.25 bits per heavy atom. The van der Waals surface area contributed by atoms with Crippen LogP contribution in [-0.4, -0.2) is 18.1 Å². The molecule has 0 aromatic heterocycles. The van der Waals surface area contributed by atoms with Crippen molar-refractivity contribution in [2.45, 2.75) is 45.1 Å². The highest BCUT2D eigenvalue weighted by Crippen LogP contribution is 2.63. The highest BCUT2D eigenvalue weighted by atomic mass is 16.5. The minimum absolute atomic E-state index is 0.236. The van der Waals surface area contributed by atoms with Crippen LogP contribution < -0.4 is 9.64 Å². The number of para-hydroxylation sites is 2. The van der Waals surface area contributed by atoms with Crippen LogP contribution in [0.4, 0.5) is 5.69 Å². The molecule has 2 fully saturated rings. The lowest BCUT2D eigenvalue weighted by molar-refractivity contribution is -0.128. The number of anilines is 1. The molecule has 0 N–H and O–H groups in total. The third kappa shape index (κ3) is 1.83. The Kier molecular flexibility index (Phi) is 2.31. The summed E-state index contributed by atoms with van der Waals surface area (Å²) >= 11 is 0. The van der Waals surface area contributed by atoms with E-state index >= 15 is 0 Å². The van der Waals surface area contributed by atoms with Crippen molar-refractivity contribution < 1.29 is 9.53 Å². The molecule has 1 aromatic carbocycles. The standard InChI is InChI=1S/C17H21NO2/c1-16(2)11-18(13-5-3-4-6-14(13)20-16)15(19)12-9-17(10-12)7-8-17/h3-6,12H,7-11H2,1-2H3. The second-order valence-electron chi connectivity index (χ2n) is 7.36. The van der Waals surface area contributed by atoms with Gasteiger partial charge in [0.2, 0.25) is 5.91 Å². The average Bonchev–Trinajstić information content (AvgIpc) is 3.14. The Bertz CT molecular complexity index is 566. The van der Waals surface area contributed by atoms with Gasteiger partial charge in [0.05, 0.1) is 12.2 Å². The lowest BCUT2D eigenvalue weighted by Gasteiger charge is -2.44. The first-order valence-electron chi connectivity index (χ1n) is 7.58. The van der Waals surface area contributed by atoms with Crippen molar-refractivity contribution in [3.63, 3.8) is 0 Å². The van der Waals surface area contributed by atoms with Gasteiger partial charge in [0.25, 0.3) is 0 Å². The van der Waals surface area contributed by atoms with Gasteiger partial charge < -0.3 is 9.64 Å². The summed E-state index contributed by atoms with van der Waals surface area (Å²) in [5, 5.41) is 0. The maximum absolute atomic E-state index is 12.8. The largest absolute Gasteiger partial charge is 0.484 e. The molecule has 0 bridgehead atoms. The Morgan fingerprint density at radius 3 is 2.65 bits per heavy atom. The van der Waals surface area contributed by atoms with Crippen LogP contribution in [0.2, 0.25) is 0 Å². The fourth-order valence-electron chi connectivity index (χ4n) is 3.72. The zero-order chi connectivity index (χ0) is 14.0. The van der Waals surface area contributed by atoms with E-state index in [1.54, 1.807) is 0 Å². The van der Waals surface area contributed by atoms with Gasteiger partial charge in [-0.1, -0.05) is 12.1 Å². The number of hydrogen-bond donors (Lipinski definition) is 0. The number of carbonyl (C=O) groups excluding carboxylic acids is 1. The molecule has 0 atom stereocenters. The lowest BCUT2D eigenvalue weighted by atomic mass is 9.71. The van der Waals surface area contributed by atoms with Crippen molar-refractivity contribution in [2.75, 3.05) is 11.4 Å². The topological polar surface area (TPSA) is 29.5 Å². The molecule has 1 heterocycles. The molecule has 0 radical (unpaired) electrons. The summed E-state index contributed by atoms with van der Waals surface area (Å²) in [5.41, 5.74) is 1.20. The molecule has 1 amide bonds. The quantitative estimate of drug-likeness (QED) is 0.783. The number of ether oxygens (including phenoxy) is 1. The molecule has 20 heavy (non-hydrogen) atoms. The van der Waals surface area contributed by atoms with E-state index in [-0.39, 0.29) is 11.5 Å². The van der Waals surface area contributed by atoms with Crippen LogP contribution in [0.5, 0.6) is 5.75 Å². The molecule has 1 spiro atoms. The fourth-order valence-corrected chi connectivity index (χ4v) is 3.72. The van der Waals surface area contributed by atoms with Crippen molar-refractivity contribution in [2.24, 2.45) is 11.3 Å². The van der Waals surface area contributed by atoms with Crippen LogP contribution in [-0.2, 0) is 4.79 Å². The Balaban J connectivity index is 1.61. The van der Waals surface area contributed by atoms with E-state index in [1.165, 1.54) is 12.8 Å². The third-order valence-corrected chi connectivity index (χ3v) is 5.01. The molecule has 1 aliphatic heterocycles. The van der Waals surface area contributed by atoms with E-state index in [2.05, 4.69) is 0 Å². The van der Waals surface area contributed by atoms with Gasteiger partial charge in [-0.2, -0.15) is 0 Å². The first kappa shape index (κ1) is 12.2. The number of carbonyl (C=O) groups is 1. The lowest BCUT2D eigenvalue weighted by Crippen LogP contribution is -2.52. The molecule has 3 nitrogen and oxygen atoms in total. The molecular weight excluding hydrogens is 250 g/mol. The summed E-state index contributed by atoms with van der Waals surface area (Å²) in [7, 11) is 0. The number of benzene rings is 1. The molecule has 106 valence electrons. The molecule has 1 aromatic rings. The van der Waals surface area contributed by atoms with Crippen LogP contribution in [0, 0.1) is 11.3 Å². The molecule has 4 rings (SSSR count). The van der Waals surface area contributed by atoms with Crippen molar-refractivity contribution in [3.8, 4) is 5.75 Å². The second-order valence-corrected chi connectivity index (χ2v) is 7.36. The van der Waals surface area contributed by atoms with Crippen LogP contribution >= 0.6 is 0 Å². The minimum Gasteiger partial charge on any atom is -0.484 e. The zero-order valence-corrected chi connectivity index (χ0v) is 12.2. The molecule has 2 saturated carbocycles. The van der Waals surface area contributed by atoms with Gasteiger partial charge in [-0.15, -0.1) is 0 Å². The van der Waals surface area contributed by atoms with Crippen molar-refractivity contribution >= 4 is 11.6 Å². The zero-order valence-electron chi connectivity index (χ0n) is 12.2. The fraction of sp³-hybridized carbons (Fsp3) is 0.588. The molecule has 3 heteroatoms. The van der Waals surface area contributed by atoms with Crippen molar-refractivity contribution in [1.82, 2.24) is 0 Å². The van der Waals surface area contributed by atoms with Gasteiger partial charge in [0.1, 0.15) is 11.4 Å². The number of amides is 1. The van der Waals surface area contributed by atoms with E-state index in [4.69, 9.17) is 4.74 Å².